The van der Waals surface area contributed by atoms with Crippen molar-refractivity contribution >= 4 is 34.1 Å². The van der Waals surface area contributed by atoms with Gasteiger partial charge in [0.25, 0.3) is 0 Å². The molecule has 12 nitrogen and oxygen atoms in total. The molecule has 2 amide bonds. The van der Waals surface area contributed by atoms with Crippen molar-refractivity contribution in [3.8, 4) is 11.6 Å². The number of nitrogens with zero attached hydrogens (tertiary/aromatic N) is 6. The molecule has 5 rings (SSSR count). The van der Waals surface area contributed by atoms with Crippen LogP contribution in [0.4, 0.5) is 10.9 Å². The molecule has 0 aromatic carbocycles. The Balaban J connectivity index is 0.990. The summed E-state index contributed by atoms with van der Waals surface area (Å²) >= 11 is 1.37. The molecule has 0 spiro atoms. The van der Waals surface area contributed by atoms with Gasteiger partial charge >= 0.3 is 0 Å². The van der Waals surface area contributed by atoms with Gasteiger partial charge in [-0.3, -0.25) is 14.6 Å². The molecule has 1 saturated carbocycles. The highest BCUT2D eigenvalue weighted by molar-refractivity contribution is 7.15. The molecule has 1 aliphatic rings. The average Bonchev–Trinajstić information content (AvgIpc) is 3.41. The van der Waals surface area contributed by atoms with Gasteiger partial charge < -0.3 is 20.1 Å². The molecule has 2 N–H and O–H groups in total. The van der Waals surface area contributed by atoms with Crippen molar-refractivity contribution in [2.24, 2.45) is 0 Å². The fourth-order valence-electron chi connectivity index (χ4n) is 4.19. The van der Waals surface area contributed by atoms with Crippen molar-refractivity contribution in [2.45, 2.75) is 63.9 Å². The molecule has 0 aliphatic heterocycles. The van der Waals surface area contributed by atoms with E-state index in [1.165, 1.54) is 17.8 Å². The van der Waals surface area contributed by atoms with E-state index in [-0.39, 0.29) is 30.8 Å². The Morgan fingerprint density at radius 1 is 0.905 bits per heavy atom. The Kier molecular flexibility index (Phi) is 9.94. The monoisotopic (exact) mass is 588 g/mol. The molecule has 1 fully saturated rings. The van der Waals surface area contributed by atoms with E-state index in [0.717, 1.165) is 60.5 Å². The van der Waals surface area contributed by atoms with Gasteiger partial charge in [0, 0.05) is 30.9 Å². The number of amides is 2. The number of rotatable bonds is 14. The molecule has 0 atom stereocenters. The van der Waals surface area contributed by atoms with Gasteiger partial charge in [0.15, 0.2) is 5.82 Å². The van der Waals surface area contributed by atoms with E-state index in [0.29, 0.717) is 22.5 Å². The number of hydrogen-bond donors (Lipinski definition) is 2. The Bertz CT molecular complexity index is 1480. The van der Waals surface area contributed by atoms with Gasteiger partial charge in [-0.2, -0.15) is 5.10 Å². The van der Waals surface area contributed by atoms with Crippen LogP contribution >= 0.6 is 11.3 Å². The van der Waals surface area contributed by atoms with Crippen LogP contribution in [0.2, 0.25) is 0 Å². The average molecular weight is 589 g/mol. The SMILES string of the molecule is COc1ccc(CC(=O)Nc2nnc(CCCCc3ccc(NC(=O)Cc4cc(OC5CCC5)ccn4)nn3)s2)cn1. The first kappa shape index (κ1) is 29.0. The van der Waals surface area contributed by atoms with E-state index in [1.54, 1.807) is 37.7 Å². The molecule has 13 heteroatoms. The first-order valence-electron chi connectivity index (χ1n) is 13.9. The number of hydrogen-bond acceptors (Lipinski definition) is 11. The largest absolute Gasteiger partial charge is 0.490 e. The Labute approximate surface area is 247 Å². The predicted molar refractivity (Wildman–Crippen MR) is 157 cm³/mol. The standard InChI is InChI=1S/C29H32N8O4S/c1-40-27-12-9-19(18-31-27)15-25(38)33-29-37-36-28(42-29)8-3-2-5-20-10-11-24(35-34-20)32-26(39)17-21-16-23(13-14-30-21)41-22-6-4-7-22/h9-14,16,18,22H,2-8,15,17H2,1H3,(H,32,35,39)(H,33,37,38). The van der Waals surface area contributed by atoms with Crippen LogP contribution in [-0.4, -0.2) is 55.4 Å². The molecular formula is C29H32N8O4S. The second-order valence-electron chi connectivity index (χ2n) is 9.93. The zero-order valence-corrected chi connectivity index (χ0v) is 24.1. The zero-order valence-electron chi connectivity index (χ0n) is 23.3. The number of aromatic nitrogens is 6. The molecule has 0 saturated heterocycles. The van der Waals surface area contributed by atoms with Crippen LogP contribution in [-0.2, 0) is 35.3 Å². The van der Waals surface area contributed by atoms with Gasteiger partial charge in [0.2, 0.25) is 22.8 Å². The van der Waals surface area contributed by atoms with Crippen LogP contribution in [0.5, 0.6) is 11.6 Å². The highest BCUT2D eigenvalue weighted by Crippen LogP contribution is 2.25. The molecule has 0 radical (unpaired) electrons. The Morgan fingerprint density at radius 2 is 1.76 bits per heavy atom. The summed E-state index contributed by atoms with van der Waals surface area (Å²) in [4.78, 5) is 33.2. The first-order chi connectivity index (χ1) is 20.5. The number of ether oxygens (including phenoxy) is 2. The maximum absolute atomic E-state index is 12.5. The van der Waals surface area contributed by atoms with Gasteiger partial charge in [0.1, 0.15) is 10.8 Å². The lowest BCUT2D eigenvalue weighted by atomic mass is 9.96. The van der Waals surface area contributed by atoms with E-state index in [9.17, 15) is 9.59 Å². The van der Waals surface area contributed by atoms with Crippen LogP contribution in [0.3, 0.4) is 0 Å². The lowest BCUT2D eigenvalue weighted by Gasteiger charge is -2.26. The summed E-state index contributed by atoms with van der Waals surface area (Å²) in [6.07, 6.45) is 10.5. The van der Waals surface area contributed by atoms with Crippen molar-refractivity contribution in [3.05, 3.63) is 70.8 Å². The summed E-state index contributed by atoms with van der Waals surface area (Å²) in [7, 11) is 1.54. The van der Waals surface area contributed by atoms with Crippen molar-refractivity contribution in [1.29, 1.82) is 0 Å². The lowest BCUT2D eigenvalue weighted by molar-refractivity contribution is -0.116. The second-order valence-corrected chi connectivity index (χ2v) is 11.0. The fraction of sp³-hybridized carbons (Fsp3) is 0.379. The van der Waals surface area contributed by atoms with E-state index in [4.69, 9.17) is 9.47 Å². The number of aryl methyl sites for hydroxylation is 2. The van der Waals surface area contributed by atoms with Crippen LogP contribution in [0, 0.1) is 0 Å². The van der Waals surface area contributed by atoms with E-state index in [1.807, 2.05) is 18.2 Å². The lowest BCUT2D eigenvalue weighted by Crippen LogP contribution is -2.24. The van der Waals surface area contributed by atoms with Gasteiger partial charge in [0.05, 0.1) is 37.4 Å². The van der Waals surface area contributed by atoms with Crippen LogP contribution in [0.15, 0.2) is 48.8 Å². The first-order valence-corrected chi connectivity index (χ1v) is 14.7. The van der Waals surface area contributed by atoms with E-state index in [2.05, 4.69) is 41.0 Å². The predicted octanol–water partition coefficient (Wildman–Crippen LogP) is 3.99. The third-order valence-electron chi connectivity index (χ3n) is 6.63. The van der Waals surface area contributed by atoms with E-state index >= 15 is 0 Å². The molecule has 0 unspecified atom stereocenters. The topological polar surface area (TPSA) is 154 Å². The molecular weight excluding hydrogens is 556 g/mol. The third kappa shape index (κ3) is 8.74. The minimum Gasteiger partial charge on any atom is -0.490 e. The van der Waals surface area contributed by atoms with Gasteiger partial charge in [-0.1, -0.05) is 17.4 Å². The van der Waals surface area contributed by atoms with Gasteiger partial charge in [-0.25, -0.2) is 4.98 Å². The number of anilines is 2. The molecule has 42 heavy (non-hydrogen) atoms. The minimum atomic E-state index is -0.212. The molecule has 4 heterocycles. The molecule has 1 aliphatic carbocycles. The Hall–Kier alpha value is -4.52. The summed E-state index contributed by atoms with van der Waals surface area (Å²) in [5.74, 6) is 1.26. The maximum atomic E-state index is 12.5. The minimum absolute atomic E-state index is 0.127. The number of methoxy groups -OCH3 is 1. The van der Waals surface area contributed by atoms with Crippen LogP contribution in [0.25, 0.3) is 0 Å². The summed E-state index contributed by atoms with van der Waals surface area (Å²) < 4.78 is 10.9. The maximum Gasteiger partial charge on any atom is 0.231 e. The number of nitrogens with one attached hydrogen (secondary N) is 2. The molecule has 0 bridgehead atoms. The van der Waals surface area contributed by atoms with Crippen molar-refractivity contribution in [2.75, 3.05) is 17.7 Å². The van der Waals surface area contributed by atoms with Crippen molar-refractivity contribution in [3.63, 3.8) is 0 Å². The highest BCUT2D eigenvalue weighted by atomic mass is 32.1. The summed E-state index contributed by atoms with van der Waals surface area (Å²) in [5.41, 5.74) is 2.27. The van der Waals surface area contributed by atoms with Gasteiger partial charge in [-0.05, 0) is 62.3 Å². The molecule has 4 aromatic rings. The molecule has 218 valence electrons. The summed E-state index contributed by atoms with van der Waals surface area (Å²) in [6.45, 7) is 0. The summed E-state index contributed by atoms with van der Waals surface area (Å²) in [6, 6.07) is 10.8. The third-order valence-corrected chi connectivity index (χ3v) is 7.53. The van der Waals surface area contributed by atoms with Crippen LogP contribution in [0.1, 0.15) is 54.1 Å². The smallest absolute Gasteiger partial charge is 0.231 e. The summed E-state index contributed by atoms with van der Waals surface area (Å²) in [5, 5.41) is 23.5. The van der Waals surface area contributed by atoms with E-state index < -0.39 is 0 Å². The van der Waals surface area contributed by atoms with Gasteiger partial charge in [-0.15, -0.1) is 15.3 Å². The Morgan fingerprint density at radius 3 is 2.50 bits per heavy atom. The zero-order chi connectivity index (χ0) is 29.1. The quantitative estimate of drug-likeness (QED) is 0.207. The number of carbonyl (C=O) groups is 2. The van der Waals surface area contributed by atoms with Crippen LogP contribution < -0.4 is 20.1 Å². The second kappa shape index (κ2) is 14.4. The normalized spacial score (nSPS) is 12.8. The molecule has 4 aromatic heterocycles. The number of carbonyl (C=O) groups excluding carboxylic acids is 2. The fourth-order valence-corrected chi connectivity index (χ4v) is 4.99. The van der Waals surface area contributed by atoms with Crippen molar-refractivity contribution < 1.29 is 19.1 Å². The highest BCUT2D eigenvalue weighted by Gasteiger charge is 2.19. The van der Waals surface area contributed by atoms with Crippen molar-refractivity contribution in [1.82, 2.24) is 30.4 Å². The number of pyridine rings is 2. The number of unbranched alkanes of at least 4 members (excludes halogenated alkanes) is 1.